The molecular formula is C55H37N5Si. The Balaban J connectivity index is 1.05. The maximum atomic E-state index is 5.13. The lowest BCUT2D eigenvalue weighted by Gasteiger charge is -2.12. The van der Waals surface area contributed by atoms with Gasteiger partial charge in [-0.1, -0.05) is 163 Å². The highest BCUT2D eigenvalue weighted by atomic mass is 28.1. The highest BCUT2D eigenvalue weighted by molar-refractivity contribution is 6.32. The van der Waals surface area contributed by atoms with Gasteiger partial charge in [-0.2, -0.15) is 9.97 Å². The van der Waals surface area contributed by atoms with E-state index in [1.54, 1.807) is 0 Å². The summed E-state index contributed by atoms with van der Waals surface area (Å²) >= 11 is 0. The van der Waals surface area contributed by atoms with Gasteiger partial charge in [0.2, 0.25) is 5.95 Å². The number of hydrogen-bond acceptors (Lipinski definition) is 3. The van der Waals surface area contributed by atoms with E-state index in [-0.39, 0.29) is 0 Å². The fraction of sp³-hybridized carbons (Fsp3) is 0. The van der Waals surface area contributed by atoms with Gasteiger partial charge in [0.05, 0.1) is 22.1 Å². The van der Waals surface area contributed by atoms with E-state index in [0.29, 0.717) is 17.6 Å². The average molecular weight is 796 g/mol. The van der Waals surface area contributed by atoms with Gasteiger partial charge in [-0.05, 0) is 81.6 Å². The van der Waals surface area contributed by atoms with E-state index in [9.17, 15) is 0 Å². The van der Waals surface area contributed by atoms with E-state index in [1.807, 2.05) is 60.7 Å². The van der Waals surface area contributed by atoms with Gasteiger partial charge in [-0.25, -0.2) is 4.98 Å². The Hall–Kier alpha value is -7.93. The van der Waals surface area contributed by atoms with E-state index >= 15 is 0 Å². The van der Waals surface area contributed by atoms with Crippen molar-refractivity contribution < 1.29 is 0 Å². The van der Waals surface area contributed by atoms with Crippen LogP contribution in [0.2, 0.25) is 0 Å². The molecule has 0 radical (unpaired) electrons. The molecule has 0 N–H and O–H groups in total. The van der Waals surface area contributed by atoms with Crippen LogP contribution in [0.15, 0.2) is 206 Å². The van der Waals surface area contributed by atoms with E-state index < -0.39 is 0 Å². The number of para-hydroxylation sites is 1. The zero-order valence-corrected chi connectivity index (χ0v) is 35.4. The van der Waals surface area contributed by atoms with Gasteiger partial charge in [-0.3, -0.25) is 4.57 Å². The van der Waals surface area contributed by atoms with Crippen LogP contribution < -0.4 is 5.19 Å². The molecule has 61 heavy (non-hydrogen) atoms. The molecule has 9 aromatic carbocycles. The molecule has 3 heterocycles. The maximum Gasteiger partial charge on any atom is 0.238 e. The van der Waals surface area contributed by atoms with Crippen LogP contribution in [0.3, 0.4) is 0 Å². The summed E-state index contributed by atoms with van der Waals surface area (Å²) in [4.78, 5) is 15.2. The molecule has 0 bridgehead atoms. The van der Waals surface area contributed by atoms with Gasteiger partial charge in [0, 0.05) is 48.6 Å². The van der Waals surface area contributed by atoms with Gasteiger partial charge < -0.3 is 4.57 Å². The molecule has 0 aliphatic heterocycles. The fourth-order valence-corrected chi connectivity index (χ4v) is 9.67. The molecule has 0 fully saturated rings. The number of hydrogen-bond donors (Lipinski definition) is 0. The molecule has 3 aromatic heterocycles. The third kappa shape index (κ3) is 5.87. The summed E-state index contributed by atoms with van der Waals surface area (Å²) in [5.41, 5.74) is 12.3. The zero-order chi connectivity index (χ0) is 40.4. The lowest BCUT2D eigenvalue weighted by molar-refractivity contribution is 0.953. The van der Waals surface area contributed by atoms with E-state index in [0.717, 1.165) is 60.0 Å². The maximum absolute atomic E-state index is 5.13. The summed E-state index contributed by atoms with van der Waals surface area (Å²) < 4.78 is 4.62. The summed E-state index contributed by atoms with van der Waals surface area (Å²) in [5, 5.41) is 8.64. The standard InChI is InChI=1S/C55H37N5Si/c61-43-21-12-19-39(32-43)38-18-11-20-42(31-38)59-50-29-27-41(34-47(50)52-44-22-8-7-13-35(44)25-30-51(52)59)40-26-28-49-46(33-40)45-23-9-10-24-48(45)60(49)55-57-53(36-14-3-1-4-15-36)56-54(58-55)37-16-5-2-6-17-37/h1-34H,61H3. The normalized spacial score (nSPS) is 11.7. The molecule has 6 heteroatoms. The van der Waals surface area contributed by atoms with Crippen molar-refractivity contribution >= 4 is 69.8 Å². The topological polar surface area (TPSA) is 48.5 Å². The smallest absolute Gasteiger partial charge is 0.238 e. The molecule has 0 spiro atoms. The summed E-state index contributed by atoms with van der Waals surface area (Å²) in [7, 11) is 1.02. The van der Waals surface area contributed by atoms with Crippen molar-refractivity contribution in [3.05, 3.63) is 206 Å². The molecule has 286 valence electrons. The minimum atomic E-state index is 0.584. The Morgan fingerprint density at radius 1 is 0.328 bits per heavy atom. The predicted molar refractivity (Wildman–Crippen MR) is 257 cm³/mol. The summed E-state index contributed by atoms with van der Waals surface area (Å²) in [6.07, 6.45) is 0. The van der Waals surface area contributed by atoms with Crippen molar-refractivity contribution in [2.45, 2.75) is 0 Å². The molecule has 5 nitrogen and oxygen atoms in total. The van der Waals surface area contributed by atoms with Crippen molar-refractivity contribution in [2.75, 3.05) is 0 Å². The summed E-state index contributed by atoms with van der Waals surface area (Å²) in [6, 6.07) is 73.8. The van der Waals surface area contributed by atoms with E-state index in [2.05, 4.69) is 155 Å². The first-order valence-electron chi connectivity index (χ1n) is 20.7. The predicted octanol–water partition coefficient (Wildman–Crippen LogP) is 11.9. The molecule has 0 atom stereocenters. The molecule has 12 rings (SSSR count). The van der Waals surface area contributed by atoms with Crippen LogP contribution >= 0.6 is 0 Å². The molecule has 0 saturated heterocycles. The first-order valence-corrected chi connectivity index (χ1v) is 21.7. The molecule has 0 saturated carbocycles. The number of benzene rings is 9. The van der Waals surface area contributed by atoms with Gasteiger partial charge in [0.15, 0.2) is 11.6 Å². The van der Waals surface area contributed by atoms with Crippen LogP contribution in [-0.4, -0.2) is 34.3 Å². The first kappa shape index (κ1) is 35.0. The molecule has 12 aromatic rings. The van der Waals surface area contributed by atoms with Crippen LogP contribution in [0.5, 0.6) is 0 Å². The lowest BCUT2D eigenvalue weighted by Crippen LogP contribution is -2.06. The third-order valence-corrected chi connectivity index (χ3v) is 12.6. The van der Waals surface area contributed by atoms with E-state index in [4.69, 9.17) is 15.0 Å². The fourth-order valence-electron chi connectivity index (χ4n) is 9.16. The Morgan fingerprint density at radius 3 is 1.59 bits per heavy atom. The quantitative estimate of drug-likeness (QED) is 0.158. The van der Waals surface area contributed by atoms with Crippen molar-refractivity contribution in [3.8, 4) is 56.7 Å². The zero-order valence-electron chi connectivity index (χ0n) is 33.4. The monoisotopic (exact) mass is 795 g/mol. The largest absolute Gasteiger partial charge is 0.309 e. The minimum Gasteiger partial charge on any atom is -0.309 e. The Kier molecular flexibility index (Phi) is 8.11. The van der Waals surface area contributed by atoms with Crippen LogP contribution in [0.4, 0.5) is 0 Å². The summed E-state index contributed by atoms with van der Waals surface area (Å²) in [5.74, 6) is 1.85. The Labute approximate surface area is 355 Å². The van der Waals surface area contributed by atoms with Crippen LogP contribution in [-0.2, 0) is 0 Å². The highest BCUT2D eigenvalue weighted by Gasteiger charge is 2.20. The van der Waals surface area contributed by atoms with Crippen molar-refractivity contribution in [2.24, 2.45) is 0 Å². The number of aromatic nitrogens is 5. The molecule has 0 aliphatic rings. The van der Waals surface area contributed by atoms with Gasteiger partial charge in [-0.15, -0.1) is 0 Å². The minimum absolute atomic E-state index is 0.584. The van der Waals surface area contributed by atoms with Gasteiger partial charge >= 0.3 is 0 Å². The Morgan fingerprint density at radius 2 is 0.869 bits per heavy atom. The van der Waals surface area contributed by atoms with Crippen LogP contribution in [0.1, 0.15) is 0 Å². The average Bonchev–Trinajstić information content (AvgIpc) is 3.84. The Bertz CT molecular complexity index is 3610. The molecule has 0 aliphatic carbocycles. The van der Waals surface area contributed by atoms with Crippen LogP contribution in [0, 0.1) is 0 Å². The van der Waals surface area contributed by atoms with Crippen molar-refractivity contribution in [1.29, 1.82) is 0 Å². The van der Waals surface area contributed by atoms with Crippen LogP contribution in [0.25, 0.3) is 111 Å². The third-order valence-electron chi connectivity index (χ3n) is 12.0. The molecule has 0 amide bonds. The highest BCUT2D eigenvalue weighted by Crippen LogP contribution is 2.41. The first-order chi connectivity index (χ1) is 30.1. The number of nitrogens with zero attached hydrogens (tertiary/aromatic N) is 5. The summed E-state index contributed by atoms with van der Waals surface area (Å²) in [6.45, 7) is 0. The second-order valence-electron chi connectivity index (χ2n) is 15.8. The number of fused-ring (bicyclic) bond motifs is 8. The molecular weight excluding hydrogens is 759 g/mol. The van der Waals surface area contributed by atoms with Gasteiger partial charge in [0.1, 0.15) is 0 Å². The second-order valence-corrected chi connectivity index (χ2v) is 16.9. The second kappa shape index (κ2) is 14.1. The van der Waals surface area contributed by atoms with Crippen molar-refractivity contribution in [1.82, 2.24) is 24.1 Å². The van der Waals surface area contributed by atoms with Crippen molar-refractivity contribution in [3.63, 3.8) is 0 Å². The lowest BCUT2D eigenvalue weighted by atomic mass is 9.99. The SMILES string of the molecule is [SiH3]c1cccc(-c2cccc(-n3c4ccc(-c5ccc6c(c5)c5ccccc5n6-c5nc(-c6ccccc6)nc(-c6ccccc6)n5)cc4c4c5ccccc5ccc43)c2)c1. The van der Waals surface area contributed by atoms with E-state index in [1.165, 1.54) is 48.9 Å². The number of rotatable bonds is 6. The molecule has 0 unspecified atom stereocenters. The van der Waals surface area contributed by atoms with Gasteiger partial charge in [0.25, 0.3) is 0 Å².